The van der Waals surface area contributed by atoms with Crippen LogP contribution in [0, 0.1) is 0 Å². The Hall–Kier alpha value is -2.93. The second-order valence-electron chi connectivity index (χ2n) is 5.56. The molecule has 0 spiro atoms. The van der Waals surface area contributed by atoms with Gasteiger partial charge < -0.3 is 14.2 Å². The first kappa shape index (κ1) is 18.8. The Kier molecular flexibility index (Phi) is 5.71. The maximum atomic E-state index is 12.2. The van der Waals surface area contributed by atoms with Gasteiger partial charge in [0.15, 0.2) is 17.2 Å². The lowest BCUT2D eigenvalue weighted by Crippen LogP contribution is -2.05. The summed E-state index contributed by atoms with van der Waals surface area (Å²) in [4.78, 5) is 27.7. The Morgan fingerprint density at radius 3 is 2.67 bits per heavy atom. The monoisotopic (exact) mass is 429 g/mol. The number of benzene rings is 2. The molecule has 7 heteroatoms. The van der Waals surface area contributed by atoms with Crippen molar-refractivity contribution in [2.24, 2.45) is 4.99 Å². The molecule has 6 nitrogen and oxygen atoms in total. The number of rotatable bonds is 5. The predicted molar refractivity (Wildman–Crippen MR) is 104 cm³/mol. The molecule has 0 bridgehead atoms. The fraction of sp³-hybridized carbons (Fsp3) is 0.150. The Labute approximate surface area is 164 Å². The van der Waals surface area contributed by atoms with Gasteiger partial charge in [-0.3, -0.25) is 4.79 Å². The summed E-state index contributed by atoms with van der Waals surface area (Å²) in [5.74, 6) is -0.0692. The van der Waals surface area contributed by atoms with E-state index in [1.54, 1.807) is 18.2 Å². The average Bonchev–Trinajstić information content (AvgIpc) is 2.99. The molecule has 0 aliphatic carbocycles. The van der Waals surface area contributed by atoms with Gasteiger partial charge in [-0.05, 0) is 58.8 Å². The minimum Gasteiger partial charge on any atom is -0.490 e. The minimum absolute atomic E-state index is 0.170. The number of hydrogen-bond donors (Lipinski definition) is 0. The van der Waals surface area contributed by atoms with Gasteiger partial charge in [-0.2, -0.15) is 0 Å². The molecule has 3 rings (SSSR count). The summed E-state index contributed by atoms with van der Waals surface area (Å²) < 4.78 is 16.5. The van der Waals surface area contributed by atoms with Gasteiger partial charge in [0.1, 0.15) is 0 Å². The Morgan fingerprint density at radius 1 is 1.26 bits per heavy atom. The molecule has 27 heavy (non-hydrogen) atoms. The van der Waals surface area contributed by atoms with Crippen molar-refractivity contribution in [1.29, 1.82) is 0 Å². The van der Waals surface area contributed by atoms with E-state index in [0.717, 1.165) is 5.56 Å². The molecule has 0 aromatic heterocycles. The smallest absolute Gasteiger partial charge is 0.363 e. The standard InChI is InChI=1S/C20H16BrNO5/c1-3-25-17-11-13(9-15(21)18(17)26-12(2)23)10-16-20(24)27-19(22-16)14-7-5-4-6-8-14/h4-11H,3H2,1-2H3. The highest BCUT2D eigenvalue weighted by Gasteiger charge is 2.24. The highest BCUT2D eigenvalue weighted by atomic mass is 79.9. The number of ether oxygens (including phenoxy) is 3. The normalized spacial score (nSPS) is 14.7. The van der Waals surface area contributed by atoms with Crippen molar-refractivity contribution < 1.29 is 23.8 Å². The molecular weight excluding hydrogens is 414 g/mol. The van der Waals surface area contributed by atoms with Gasteiger partial charge in [-0.15, -0.1) is 0 Å². The number of esters is 2. The zero-order chi connectivity index (χ0) is 19.4. The number of hydrogen-bond acceptors (Lipinski definition) is 6. The van der Waals surface area contributed by atoms with Crippen LogP contribution in [0.4, 0.5) is 0 Å². The summed E-state index contributed by atoms with van der Waals surface area (Å²) in [5.41, 5.74) is 1.53. The highest BCUT2D eigenvalue weighted by Crippen LogP contribution is 2.38. The third-order valence-corrected chi connectivity index (χ3v) is 4.11. The van der Waals surface area contributed by atoms with E-state index in [9.17, 15) is 9.59 Å². The van der Waals surface area contributed by atoms with Crippen LogP contribution in [0.1, 0.15) is 25.0 Å². The van der Waals surface area contributed by atoms with E-state index >= 15 is 0 Å². The number of halogens is 1. The zero-order valence-corrected chi connectivity index (χ0v) is 16.3. The van der Waals surface area contributed by atoms with Crippen LogP contribution in [-0.2, 0) is 14.3 Å². The lowest BCUT2D eigenvalue weighted by Gasteiger charge is -2.12. The van der Waals surface area contributed by atoms with Crippen LogP contribution in [0.5, 0.6) is 11.5 Å². The second-order valence-corrected chi connectivity index (χ2v) is 6.41. The molecule has 1 heterocycles. The van der Waals surface area contributed by atoms with E-state index in [1.165, 1.54) is 6.92 Å². The molecule has 1 aliphatic heterocycles. The SMILES string of the molecule is CCOc1cc(C=C2N=C(c3ccccc3)OC2=O)cc(Br)c1OC(C)=O. The van der Waals surface area contributed by atoms with Crippen molar-refractivity contribution in [3.05, 3.63) is 63.8 Å². The first-order valence-corrected chi connectivity index (χ1v) is 9.00. The van der Waals surface area contributed by atoms with Gasteiger partial charge in [0.25, 0.3) is 0 Å². The van der Waals surface area contributed by atoms with Gasteiger partial charge in [0, 0.05) is 12.5 Å². The molecule has 2 aromatic rings. The topological polar surface area (TPSA) is 74.2 Å². The van der Waals surface area contributed by atoms with Gasteiger partial charge in [0.2, 0.25) is 5.90 Å². The number of nitrogens with zero attached hydrogens (tertiary/aromatic N) is 1. The van der Waals surface area contributed by atoms with Crippen LogP contribution < -0.4 is 9.47 Å². The van der Waals surface area contributed by atoms with Gasteiger partial charge in [0.05, 0.1) is 11.1 Å². The number of carbonyl (C=O) groups is 2. The molecule has 0 saturated heterocycles. The van der Waals surface area contributed by atoms with Gasteiger partial charge in [-0.25, -0.2) is 9.79 Å². The van der Waals surface area contributed by atoms with Gasteiger partial charge >= 0.3 is 11.9 Å². The fourth-order valence-electron chi connectivity index (χ4n) is 2.45. The quantitative estimate of drug-likeness (QED) is 0.406. The van der Waals surface area contributed by atoms with Crippen LogP contribution >= 0.6 is 15.9 Å². The number of carbonyl (C=O) groups excluding carboxylic acids is 2. The maximum Gasteiger partial charge on any atom is 0.363 e. The second kappa shape index (κ2) is 8.18. The summed E-state index contributed by atoms with van der Waals surface area (Å²) in [6, 6.07) is 12.5. The van der Waals surface area contributed by atoms with Crippen molar-refractivity contribution in [2.45, 2.75) is 13.8 Å². The van der Waals surface area contributed by atoms with E-state index in [0.29, 0.717) is 22.4 Å². The molecule has 0 saturated carbocycles. The minimum atomic E-state index is -0.535. The molecule has 2 aromatic carbocycles. The molecule has 0 radical (unpaired) electrons. The van der Waals surface area contributed by atoms with E-state index in [4.69, 9.17) is 14.2 Å². The Balaban J connectivity index is 1.97. The third-order valence-electron chi connectivity index (χ3n) is 3.52. The lowest BCUT2D eigenvalue weighted by molar-refractivity contribution is -0.132. The van der Waals surface area contributed by atoms with Crippen molar-refractivity contribution in [1.82, 2.24) is 0 Å². The molecule has 0 fully saturated rings. The van der Waals surface area contributed by atoms with Crippen molar-refractivity contribution in [2.75, 3.05) is 6.61 Å². The Bertz CT molecular complexity index is 950. The zero-order valence-electron chi connectivity index (χ0n) is 14.7. The predicted octanol–water partition coefficient (Wildman–Crippen LogP) is 4.12. The van der Waals surface area contributed by atoms with Gasteiger partial charge in [-0.1, -0.05) is 18.2 Å². The van der Waals surface area contributed by atoms with Crippen LogP contribution in [0.3, 0.4) is 0 Å². The number of cyclic esters (lactones) is 1. The highest BCUT2D eigenvalue weighted by molar-refractivity contribution is 9.10. The summed E-state index contributed by atoms with van der Waals surface area (Å²) in [5, 5.41) is 0. The first-order chi connectivity index (χ1) is 13.0. The summed E-state index contributed by atoms with van der Waals surface area (Å²) >= 11 is 3.37. The average molecular weight is 430 g/mol. The molecule has 0 unspecified atom stereocenters. The van der Waals surface area contributed by atoms with Crippen molar-refractivity contribution >= 4 is 39.8 Å². The van der Waals surface area contributed by atoms with Crippen LogP contribution in [-0.4, -0.2) is 24.4 Å². The fourth-order valence-corrected chi connectivity index (χ4v) is 2.99. The molecular formula is C20H16BrNO5. The van der Waals surface area contributed by atoms with Crippen LogP contribution in [0.2, 0.25) is 0 Å². The van der Waals surface area contributed by atoms with E-state index < -0.39 is 11.9 Å². The number of aliphatic imine (C=N–C) groups is 1. The van der Waals surface area contributed by atoms with Crippen molar-refractivity contribution in [3.8, 4) is 11.5 Å². The summed E-state index contributed by atoms with van der Waals surface area (Å²) in [6.45, 7) is 3.52. The summed E-state index contributed by atoms with van der Waals surface area (Å²) in [7, 11) is 0. The van der Waals surface area contributed by atoms with E-state index in [-0.39, 0.29) is 17.3 Å². The third kappa shape index (κ3) is 4.43. The molecule has 1 aliphatic rings. The van der Waals surface area contributed by atoms with Crippen LogP contribution in [0.25, 0.3) is 6.08 Å². The maximum absolute atomic E-state index is 12.2. The Morgan fingerprint density at radius 2 is 2.00 bits per heavy atom. The van der Waals surface area contributed by atoms with Crippen molar-refractivity contribution in [3.63, 3.8) is 0 Å². The molecule has 0 amide bonds. The molecule has 0 N–H and O–H groups in total. The van der Waals surface area contributed by atoms with Crippen LogP contribution in [0.15, 0.2) is 57.6 Å². The molecule has 138 valence electrons. The first-order valence-electron chi connectivity index (χ1n) is 8.20. The van der Waals surface area contributed by atoms with E-state index in [1.807, 2.05) is 37.3 Å². The summed E-state index contributed by atoms with van der Waals surface area (Å²) in [6.07, 6.45) is 1.59. The largest absolute Gasteiger partial charge is 0.490 e. The molecule has 0 atom stereocenters. The van der Waals surface area contributed by atoms with E-state index in [2.05, 4.69) is 20.9 Å². The lowest BCUT2D eigenvalue weighted by atomic mass is 10.1.